The van der Waals surface area contributed by atoms with Gasteiger partial charge in [-0.05, 0) is 11.3 Å². The molecule has 1 rings (SSSR count). The Labute approximate surface area is 112 Å². The average molecular weight is 270 g/mol. The summed E-state index contributed by atoms with van der Waals surface area (Å²) >= 11 is 0. The number of carboxylic acids is 1. The molecule has 19 heavy (non-hydrogen) atoms. The number of hydrogen-bond donors (Lipinski definition) is 3. The van der Waals surface area contributed by atoms with E-state index >= 15 is 0 Å². The molecule has 0 unspecified atom stereocenters. The highest BCUT2D eigenvalue weighted by molar-refractivity contribution is 5.93. The predicted octanol–water partition coefficient (Wildman–Crippen LogP) is 0.232. The van der Waals surface area contributed by atoms with Crippen LogP contribution in [0.25, 0.3) is 0 Å². The Hall–Kier alpha value is -1.59. The van der Waals surface area contributed by atoms with Gasteiger partial charge in [-0.3, -0.25) is 14.4 Å². The maximum absolute atomic E-state index is 11.8. The Bertz CT molecular complexity index is 390. The normalized spacial score (nSPS) is 23.8. The van der Waals surface area contributed by atoms with Crippen LogP contribution in [0.2, 0.25) is 0 Å². The standard InChI is InChI=1S/C13H22N2O4/c1-7(2)5-14-8(16)6-15-11(17)9-10(12(18)19)13(9,3)4/h7,9-10H,5-6H2,1-4H3,(H,14,16)(H,15,17)(H,18,19)/t9-,10+/m1/s1. The van der Waals surface area contributed by atoms with E-state index in [1.165, 1.54) is 0 Å². The molecule has 0 saturated heterocycles. The van der Waals surface area contributed by atoms with Crippen molar-refractivity contribution in [1.82, 2.24) is 10.6 Å². The first kappa shape index (κ1) is 15.5. The van der Waals surface area contributed by atoms with Crippen molar-refractivity contribution < 1.29 is 19.5 Å². The predicted molar refractivity (Wildman–Crippen MR) is 69.3 cm³/mol. The van der Waals surface area contributed by atoms with E-state index in [0.29, 0.717) is 12.5 Å². The summed E-state index contributed by atoms with van der Waals surface area (Å²) in [4.78, 5) is 34.2. The van der Waals surface area contributed by atoms with Gasteiger partial charge < -0.3 is 15.7 Å². The minimum Gasteiger partial charge on any atom is -0.481 e. The first-order chi connectivity index (χ1) is 8.67. The number of carbonyl (C=O) groups excluding carboxylic acids is 2. The molecule has 0 aromatic heterocycles. The van der Waals surface area contributed by atoms with E-state index in [1.807, 2.05) is 13.8 Å². The van der Waals surface area contributed by atoms with E-state index in [-0.39, 0.29) is 18.4 Å². The Balaban J connectivity index is 2.37. The van der Waals surface area contributed by atoms with Gasteiger partial charge in [-0.25, -0.2) is 0 Å². The van der Waals surface area contributed by atoms with Crippen molar-refractivity contribution in [2.45, 2.75) is 27.7 Å². The number of carbonyl (C=O) groups is 3. The smallest absolute Gasteiger partial charge is 0.307 e. The third kappa shape index (κ3) is 3.68. The maximum atomic E-state index is 11.8. The van der Waals surface area contributed by atoms with Crippen LogP contribution in [0.15, 0.2) is 0 Å². The van der Waals surface area contributed by atoms with Crippen molar-refractivity contribution in [2.24, 2.45) is 23.2 Å². The van der Waals surface area contributed by atoms with Crippen LogP contribution in [0.3, 0.4) is 0 Å². The number of hydrogen-bond acceptors (Lipinski definition) is 3. The van der Waals surface area contributed by atoms with Gasteiger partial charge in [-0.2, -0.15) is 0 Å². The highest BCUT2D eigenvalue weighted by Gasteiger charge is 2.65. The van der Waals surface area contributed by atoms with Gasteiger partial charge in [0.15, 0.2) is 0 Å². The molecular formula is C13H22N2O4. The number of rotatable bonds is 6. The SMILES string of the molecule is CC(C)CNC(=O)CNC(=O)[C@H]1[C@@H](C(=O)O)C1(C)C. The first-order valence-corrected chi connectivity index (χ1v) is 6.45. The van der Waals surface area contributed by atoms with Crippen LogP contribution < -0.4 is 10.6 Å². The third-order valence-electron chi connectivity index (χ3n) is 3.51. The fraction of sp³-hybridized carbons (Fsp3) is 0.769. The molecule has 3 N–H and O–H groups in total. The monoisotopic (exact) mass is 270 g/mol. The molecule has 0 radical (unpaired) electrons. The molecule has 0 aromatic carbocycles. The zero-order valence-electron chi connectivity index (χ0n) is 11.8. The van der Waals surface area contributed by atoms with Crippen LogP contribution in [0.1, 0.15) is 27.7 Å². The minimum atomic E-state index is -0.964. The summed E-state index contributed by atoms with van der Waals surface area (Å²) in [5.41, 5.74) is -0.537. The van der Waals surface area contributed by atoms with Crippen LogP contribution in [-0.4, -0.2) is 36.0 Å². The van der Waals surface area contributed by atoms with Gasteiger partial charge in [0.25, 0.3) is 0 Å². The van der Waals surface area contributed by atoms with Crippen LogP contribution in [-0.2, 0) is 14.4 Å². The lowest BCUT2D eigenvalue weighted by Crippen LogP contribution is -2.39. The van der Waals surface area contributed by atoms with E-state index in [4.69, 9.17) is 5.11 Å². The van der Waals surface area contributed by atoms with Crippen LogP contribution in [0.4, 0.5) is 0 Å². The highest BCUT2D eigenvalue weighted by atomic mass is 16.4. The summed E-state index contributed by atoms with van der Waals surface area (Å²) in [6.45, 7) is 7.89. The molecule has 1 saturated carbocycles. The largest absolute Gasteiger partial charge is 0.481 e. The molecule has 6 nitrogen and oxygen atoms in total. The summed E-state index contributed by atoms with van der Waals surface area (Å²) in [6.07, 6.45) is 0. The van der Waals surface area contributed by atoms with Gasteiger partial charge in [-0.15, -0.1) is 0 Å². The summed E-state index contributed by atoms with van der Waals surface area (Å²) in [7, 11) is 0. The summed E-state index contributed by atoms with van der Waals surface area (Å²) < 4.78 is 0. The van der Waals surface area contributed by atoms with Gasteiger partial charge >= 0.3 is 5.97 Å². The summed E-state index contributed by atoms with van der Waals surface area (Å²) in [6, 6.07) is 0. The Morgan fingerprint density at radius 3 is 2.16 bits per heavy atom. The van der Waals surface area contributed by atoms with Crippen LogP contribution in [0, 0.1) is 23.2 Å². The van der Waals surface area contributed by atoms with Crippen LogP contribution >= 0.6 is 0 Å². The Kier molecular flexibility index (Phi) is 4.55. The second-order valence-corrected chi connectivity index (χ2v) is 6.03. The van der Waals surface area contributed by atoms with E-state index in [1.54, 1.807) is 13.8 Å². The van der Waals surface area contributed by atoms with E-state index in [0.717, 1.165) is 0 Å². The van der Waals surface area contributed by atoms with E-state index < -0.39 is 23.2 Å². The Morgan fingerprint density at radius 2 is 1.74 bits per heavy atom. The molecule has 0 aliphatic heterocycles. The topological polar surface area (TPSA) is 95.5 Å². The number of aliphatic carboxylic acids is 1. The molecule has 6 heteroatoms. The lowest BCUT2D eigenvalue weighted by molar-refractivity contribution is -0.140. The van der Waals surface area contributed by atoms with Crippen molar-refractivity contribution in [3.05, 3.63) is 0 Å². The molecule has 2 atom stereocenters. The van der Waals surface area contributed by atoms with Crippen molar-refractivity contribution in [1.29, 1.82) is 0 Å². The number of carboxylic acid groups (broad SMARTS) is 1. The fourth-order valence-electron chi connectivity index (χ4n) is 2.25. The van der Waals surface area contributed by atoms with Crippen LogP contribution in [0.5, 0.6) is 0 Å². The van der Waals surface area contributed by atoms with E-state index in [2.05, 4.69) is 10.6 Å². The molecule has 0 aromatic rings. The third-order valence-corrected chi connectivity index (χ3v) is 3.51. The zero-order valence-corrected chi connectivity index (χ0v) is 11.8. The van der Waals surface area contributed by atoms with Crippen molar-refractivity contribution in [2.75, 3.05) is 13.1 Å². The van der Waals surface area contributed by atoms with E-state index in [9.17, 15) is 14.4 Å². The molecular weight excluding hydrogens is 248 g/mol. The quantitative estimate of drug-likeness (QED) is 0.644. The second kappa shape index (κ2) is 5.59. The fourth-order valence-corrected chi connectivity index (χ4v) is 2.25. The molecule has 0 spiro atoms. The van der Waals surface area contributed by atoms with Gasteiger partial charge in [0.2, 0.25) is 11.8 Å². The first-order valence-electron chi connectivity index (χ1n) is 6.45. The molecule has 0 heterocycles. The van der Waals surface area contributed by atoms with Crippen molar-refractivity contribution >= 4 is 17.8 Å². The number of amides is 2. The second-order valence-electron chi connectivity index (χ2n) is 6.03. The zero-order chi connectivity index (χ0) is 14.8. The Morgan fingerprint density at radius 1 is 1.16 bits per heavy atom. The summed E-state index contributed by atoms with van der Waals surface area (Å²) in [5.74, 6) is -2.45. The lowest BCUT2D eigenvalue weighted by atomic mass is 10.1. The highest BCUT2D eigenvalue weighted by Crippen LogP contribution is 2.58. The molecule has 2 amide bonds. The molecule has 108 valence electrons. The molecule has 1 fully saturated rings. The van der Waals surface area contributed by atoms with Gasteiger partial charge in [0.05, 0.1) is 18.4 Å². The maximum Gasteiger partial charge on any atom is 0.307 e. The molecule has 1 aliphatic rings. The number of nitrogens with one attached hydrogen (secondary N) is 2. The van der Waals surface area contributed by atoms with Gasteiger partial charge in [0.1, 0.15) is 0 Å². The average Bonchev–Trinajstić information content (AvgIpc) is 2.86. The minimum absolute atomic E-state index is 0.107. The molecule has 1 aliphatic carbocycles. The lowest BCUT2D eigenvalue weighted by Gasteiger charge is -2.09. The van der Waals surface area contributed by atoms with Crippen molar-refractivity contribution in [3.8, 4) is 0 Å². The van der Waals surface area contributed by atoms with Gasteiger partial charge in [-0.1, -0.05) is 27.7 Å². The van der Waals surface area contributed by atoms with Gasteiger partial charge in [0, 0.05) is 6.54 Å². The summed E-state index contributed by atoms with van der Waals surface area (Å²) in [5, 5.41) is 14.1. The van der Waals surface area contributed by atoms with Crippen molar-refractivity contribution in [3.63, 3.8) is 0 Å². The molecule has 0 bridgehead atoms.